The van der Waals surface area contributed by atoms with Gasteiger partial charge in [0, 0.05) is 38.8 Å². The van der Waals surface area contributed by atoms with Crippen LogP contribution in [0.1, 0.15) is 64.9 Å². The van der Waals surface area contributed by atoms with Crippen LogP contribution in [0.25, 0.3) is 0 Å². The molecule has 0 spiro atoms. The lowest BCUT2D eigenvalue weighted by Gasteiger charge is -2.31. The fourth-order valence-electron chi connectivity index (χ4n) is 4.92. The Morgan fingerprint density at radius 1 is 1.18 bits per heavy atom. The van der Waals surface area contributed by atoms with Crippen molar-refractivity contribution in [3.63, 3.8) is 0 Å². The minimum Gasteiger partial charge on any atom is -0.493 e. The van der Waals surface area contributed by atoms with Crippen LogP contribution in [-0.4, -0.2) is 68.7 Å². The molecule has 2 rings (SSSR count). The molecule has 0 unspecified atom stereocenters. The van der Waals surface area contributed by atoms with Gasteiger partial charge in [0.1, 0.15) is 0 Å². The van der Waals surface area contributed by atoms with Crippen LogP contribution in [0.15, 0.2) is 18.2 Å². The maximum absolute atomic E-state index is 10.9. The van der Waals surface area contributed by atoms with Crippen molar-refractivity contribution in [2.45, 2.75) is 83.9 Å². The fourth-order valence-corrected chi connectivity index (χ4v) is 4.92. The molecule has 0 aromatic heterocycles. The summed E-state index contributed by atoms with van der Waals surface area (Å²) in [6.45, 7) is 9.77. The van der Waals surface area contributed by atoms with Gasteiger partial charge < -0.3 is 25.1 Å². The van der Waals surface area contributed by atoms with E-state index in [1.54, 1.807) is 14.2 Å². The molecule has 190 valence electrons. The fraction of sp³-hybridized carbons (Fsp3) is 0.778. The molecule has 0 amide bonds. The minimum atomic E-state index is -0.487. The Hall–Kier alpha value is -1.34. The first kappa shape index (κ1) is 27.9. The molecule has 1 heterocycles. The average molecular weight is 465 g/mol. The second-order valence-corrected chi connectivity index (χ2v) is 9.93. The molecule has 0 aliphatic carbocycles. The standard InChI is InChI=1S/C27H48N2O4/c1-6-9-23-10-7-13-29(23)19-25(30)24(28)18-22(20(2)3)16-21-11-12-26(32-5)27(17-21)33-15-8-14-31-4/h11-12,17,20,22-25,30H,6-10,13-16,18-19,28H2,1-5H3/t22-,23+,24-,25-/m0/s1. The van der Waals surface area contributed by atoms with Gasteiger partial charge in [-0.15, -0.1) is 0 Å². The van der Waals surface area contributed by atoms with Crippen molar-refractivity contribution < 1.29 is 19.3 Å². The maximum atomic E-state index is 10.9. The summed E-state index contributed by atoms with van der Waals surface area (Å²) in [5.41, 5.74) is 7.75. The lowest BCUT2D eigenvalue weighted by atomic mass is 9.83. The van der Waals surface area contributed by atoms with E-state index >= 15 is 0 Å². The summed E-state index contributed by atoms with van der Waals surface area (Å²) in [6, 6.07) is 6.57. The number of aliphatic hydroxyl groups excluding tert-OH is 1. The van der Waals surface area contributed by atoms with Gasteiger partial charge in [0.05, 0.1) is 19.8 Å². The summed E-state index contributed by atoms with van der Waals surface area (Å²) in [5, 5.41) is 10.9. The van der Waals surface area contributed by atoms with Gasteiger partial charge in [0.2, 0.25) is 0 Å². The maximum Gasteiger partial charge on any atom is 0.161 e. The monoisotopic (exact) mass is 464 g/mol. The Kier molecular flexibility index (Phi) is 12.5. The highest BCUT2D eigenvalue weighted by Crippen LogP contribution is 2.31. The molecule has 1 aromatic carbocycles. The van der Waals surface area contributed by atoms with Gasteiger partial charge in [-0.1, -0.05) is 33.3 Å². The highest BCUT2D eigenvalue weighted by Gasteiger charge is 2.29. The average Bonchev–Trinajstić information content (AvgIpc) is 3.23. The molecule has 6 heteroatoms. The van der Waals surface area contributed by atoms with Gasteiger partial charge in [-0.3, -0.25) is 4.90 Å². The highest BCUT2D eigenvalue weighted by atomic mass is 16.5. The van der Waals surface area contributed by atoms with Crippen LogP contribution >= 0.6 is 0 Å². The molecule has 4 atom stereocenters. The van der Waals surface area contributed by atoms with Gasteiger partial charge in [0.25, 0.3) is 0 Å². The zero-order valence-electron chi connectivity index (χ0n) is 21.6. The van der Waals surface area contributed by atoms with Crippen LogP contribution in [0.4, 0.5) is 0 Å². The number of aliphatic hydroxyl groups is 1. The minimum absolute atomic E-state index is 0.219. The number of hydrogen-bond acceptors (Lipinski definition) is 6. The molecule has 3 N–H and O–H groups in total. The Bertz CT molecular complexity index is 670. The van der Waals surface area contributed by atoms with Crippen molar-refractivity contribution >= 4 is 0 Å². The van der Waals surface area contributed by atoms with Crippen molar-refractivity contribution in [3.8, 4) is 11.5 Å². The second kappa shape index (κ2) is 14.8. The first-order chi connectivity index (χ1) is 15.9. The van der Waals surface area contributed by atoms with Gasteiger partial charge in [-0.25, -0.2) is 0 Å². The Morgan fingerprint density at radius 2 is 1.97 bits per heavy atom. The lowest BCUT2D eigenvalue weighted by Crippen LogP contribution is -2.46. The largest absolute Gasteiger partial charge is 0.493 e. The normalized spacial score (nSPS) is 19.6. The zero-order valence-corrected chi connectivity index (χ0v) is 21.6. The molecule has 1 aliphatic heterocycles. The number of ether oxygens (including phenoxy) is 3. The summed E-state index contributed by atoms with van der Waals surface area (Å²) in [4.78, 5) is 2.45. The van der Waals surface area contributed by atoms with Crippen molar-refractivity contribution in [2.75, 3.05) is 40.5 Å². The summed E-state index contributed by atoms with van der Waals surface area (Å²) >= 11 is 0. The summed E-state index contributed by atoms with van der Waals surface area (Å²) in [5.74, 6) is 2.37. The predicted molar refractivity (Wildman–Crippen MR) is 135 cm³/mol. The number of rotatable bonds is 16. The van der Waals surface area contributed by atoms with Gasteiger partial charge >= 0.3 is 0 Å². The Labute approximate surface area is 201 Å². The van der Waals surface area contributed by atoms with Crippen molar-refractivity contribution in [3.05, 3.63) is 23.8 Å². The molecular weight excluding hydrogens is 416 g/mol. The molecule has 1 saturated heterocycles. The van der Waals surface area contributed by atoms with E-state index in [4.69, 9.17) is 19.9 Å². The van der Waals surface area contributed by atoms with Crippen molar-refractivity contribution in [1.82, 2.24) is 4.90 Å². The number of benzene rings is 1. The number of hydrogen-bond donors (Lipinski definition) is 2. The van der Waals surface area contributed by atoms with Crippen molar-refractivity contribution in [2.24, 2.45) is 17.6 Å². The predicted octanol–water partition coefficient (Wildman–Crippen LogP) is 4.27. The second-order valence-electron chi connectivity index (χ2n) is 9.93. The molecule has 0 radical (unpaired) electrons. The molecule has 1 fully saturated rings. The van der Waals surface area contributed by atoms with E-state index in [0.29, 0.717) is 37.6 Å². The quantitative estimate of drug-likeness (QED) is 0.356. The van der Waals surface area contributed by atoms with Crippen LogP contribution in [-0.2, 0) is 11.2 Å². The van der Waals surface area contributed by atoms with Crippen LogP contribution in [0.3, 0.4) is 0 Å². The lowest BCUT2D eigenvalue weighted by molar-refractivity contribution is 0.0734. The summed E-state index contributed by atoms with van der Waals surface area (Å²) in [7, 11) is 3.36. The summed E-state index contributed by atoms with van der Waals surface area (Å²) < 4.78 is 16.6. The van der Waals surface area contributed by atoms with Crippen molar-refractivity contribution in [1.29, 1.82) is 0 Å². The van der Waals surface area contributed by atoms with E-state index < -0.39 is 6.10 Å². The molecule has 6 nitrogen and oxygen atoms in total. The van der Waals surface area contributed by atoms with E-state index in [0.717, 1.165) is 37.3 Å². The number of β-amino-alcohol motifs (C(OH)–C–C–N with tert-alkyl or cyclic N) is 1. The molecule has 0 saturated carbocycles. The van der Waals surface area contributed by atoms with E-state index in [-0.39, 0.29) is 6.04 Å². The topological polar surface area (TPSA) is 77.2 Å². The number of methoxy groups -OCH3 is 2. The third kappa shape index (κ3) is 9.08. The van der Waals surface area contributed by atoms with Gasteiger partial charge in [-0.2, -0.15) is 0 Å². The van der Waals surface area contributed by atoms with E-state index in [1.807, 2.05) is 6.07 Å². The third-order valence-corrected chi connectivity index (χ3v) is 7.03. The number of nitrogens with zero attached hydrogens (tertiary/aromatic N) is 1. The van der Waals surface area contributed by atoms with Crippen LogP contribution in [0.2, 0.25) is 0 Å². The molecule has 0 bridgehead atoms. The highest BCUT2D eigenvalue weighted by molar-refractivity contribution is 5.43. The summed E-state index contributed by atoms with van der Waals surface area (Å²) in [6.07, 6.45) is 6.94. The third-order valence-electron chi connectivity index (χ3n) is 7.03. The SMILES string of the molecule is CCC[C@@H]1CCCN1C[C@H](O)[C@@H](N)C[C@H](Cc1ccc(OC)c(OCCCOC)c1)C(C)C. The number of likely N-dealkylation sites (tertiary alicyclic amines) is 1. The first-order valence-corrected chi connectivity index (χ1v) is 12.9. The molecule has 1 aromatic rings. The van der Waals surface area contributed by atoms with E-state index in [2.05, 4.69) is 37.8 Å². The number of nitrogens with two attached hydrogens (primary N) is 1. The van der Waals surface area contributed by atoms with Gasteiger partial charge in [0.15, 0.2) is 11.5 Å². The zero-order chi connectivity index (χ0) is 24.2. The van der Waals surface area contributed by atoms with Crippen LogP contribution in [0.5, 0.6) is 11.5 Å². The smallest absolute Gasteiger partial charge is 0.161 e. The van der Waals surface area contributed by atoms with Crippen LogP contribution in [0, 0.1) is 11.8 Å². The molecular formula is C27H48N2O4. The van der Waals surface area contributed by atoms with E-state index in [9.17, 15) is 5.11 Å². The van der Waals surface area contributed by atoms with E-state index in [1.165, 1.54) is 31.2 Å². The van der Waals surface area contributed by atoms with Crippen LogP contribution < -0.4 is 15.2 Å². The first-order valence-electron chi connectivity index (χ1n) is 12.9. The molecule has 33 heavy (non-hydrogen) atoms. The Morgan fingerprint density at radius 3 is 2.64 bits per heavy atom. The Balaban J connectivity index is 1.97. The van der Waals surface area contributed by atoms with Gasteiger partial charge in [-0.05, 0) is 68.2 Å². The molecule has 1 aliphatic rings.